The van der Waals surface area contributed by atoms with E-state index in [9.17, 15) is 4.79 Å². The highest BCUT2D eigenvalue weighted by molar-refractivity contribution is 5.81. The first-order valence-corrected chi connectivity index (χ1v) is 4.73. The van der Waals surface area contributed by atoms with Crippen molar-refractivity contribution < 1.29 is 4.79 Å². The van der Waals surface area contributed by atoms with E-state index in [1.165, 1.54) is 0 Å². The molecule has 2 unspecified atom stereocenters. The van der Waals surface area contributed by atoms with Gasteiger partial charge in [-0.25, -0.2) is 0 Å². The van der Waals surface area contributed by atoms with Crippen LogP contribution in [0.3, 0.4) is 0 Å². The van der Waals surface area contributed by atoms with Crippen molar-refractivity contribution >= 4 is 5.91 Å². The maximum atomic E-state index is 11.3. The van der Waals surface area contributed by atoms with Gasteiger partial charge in [-0.2, -0.15) is 0 Å². The number of hydrogen-bond acceptors (Lipinski definition) is 1. The molecule has 2 atom stereocenters. The van der Waals surface area contributed by atoms with Crippen LogP contribution in [-0.4, -0.2) is 12.5 Å². The molecule has 0 aromatic heterocycles. The molecule has 0 aromatic rings. The number of carbonyl (C=O) groups excluding carboxylic acids is 1. The van der Waals surface area contributed by atoms with Crippen LogP contribution < -0.4 is 5.32 Å². The summed E-state index contributed by atoms with van der Waals surface area (Å²) in [6, 6.07) is 0. The summed E-state index contributed by atoms with van der Waals surface area (Å²) in [5.74, 6) is 1.07. The monoisotopic (exact) mass is 169 g/mol. The lowest BCUT2D eigenvalue weighted by molar-refractivity contribution is -0.123. The topological polar surface area (TPSA) is 29.1 Å². The van der Waals surface area contributed by atoms with Crippen molar-refractivity contribution in [2.75, 3.05) is 6.54 Å². The van der Waals surface area contributed by atoms with Crippen LogP contribution in [0, 0.1) is 17.3 Å². The first-order chi connectivity index (χ1) is 5.46. The first-order valence-electron chi connectivity index (χ1n) is 4.73. The Kier molecular flexibility index (Phi) is 2.45. The summed E-state index contributed by atoms with van der Waals surface area (Å²) in [6.45, 7) is 9.51. The molecule has 1 amide bonds. The highest BCUT2D eigenvalue weighted by Gasteiger charge is 2.41. The van der Waals surface area contributed by atoms with Gasteiger partial charge in [-0.3, -0.25) is 4.79 Å². The lowest BCUT2D eigenvalue weighted by Crippen LogP contribution is -2.27. The van der Waals surface area contributed by atoms with Gasteiger partial charge in [-0.15, -0.1) is 0 Å². The molecule has 1 heterocycles. The van der Waals surface area contributed by atoms with E-state index < -0.39 is 0 Å². The highest BCUT2D eigenvalue weighted by atomic mass is 16.2. The molecule has 1 N–H and O–H groups in total. The van der Waals surface area contributed by atoms with Crippen molar-refractivity contribution in [1.29, 1.82) is 0 Å². The van der Waals surface area contributed by atoms with Gasteiger partial charge < -0.3 is 5.32 Å². The van der Waals surface area contributed by atoms with E-state index in [1.54, 1.807) is 0 Å². The number of nitrogens with one attached hydrogen (secondary N) is 1. The molecule has 1 aliphatic rings. The first kappa shape index (κ1) is 9.56. The van der Waals surface area contributed by atoms with Crippen LogP contribution >= 0.6 is 0 Å². The lowest BCUT2D eigenvalue weighted by Gasteiger charge is -2.28. The third-order valence-electron chi connectivity index (χ3n) is 2.98. The maximum Gasteiger partial charge on any atom is 0.223 e. The predicted octanol–water partition coefficient (Wildman–Crippen LogP) is 1.80. The minimum atomic E-state index is 0.180. The largest absolute Gasteiger partial charge is 0.355 e. The summed E-state index contributed by atoms with van der Waals surface area (Å²) >= 11 is 0. The summed E-state index contributed by atoms with van der Waals surface area (Å²) in [7, 11) is 0. The van der Waals surface area contributed by atoms with Gasteiger partial charge in [0.1, 0.15) is 0 Å². The summed E-state index contributed by atoms with van der Waals surface area (Å²) < 4.78 is 0. The SMILES string of the molecule is CC(C)CC1(C)CNC(=O)C1C. The van der Waals surface area contributed by atoms with Gasteiger partial charge in [0.25, 0.3) is 0 Å². The Morgan fingerprint density at radius 3 is 2.58 bits per heavy atom. The van der Waals surface area contributed by atoms with Gasteiger partial charge in [0.2, 0.25) is 5.91 Å². The van der Waals surface area contributed by atoms with Crippen LogP contribution in [0.4, 0.5) is 0 Å². The molecule has 0 radical (unpaired) electrons. The number of hydrogen-bond donors (Lipinski definition) is 1. The maximum absolute atomic E-state index is 11.3. The Labute approximate surface area is 74.7 Å². The zero-order valence-corrected chi connectivity index (χ0v) is 8.48. The van der Waals surface area contributed by atoms with Crippen LogP contribution in [-0.2, 0) is 4.79 Å². The summed E-state index contributed by atoms with van der Waals surface area (Å²) in [4.78, 5) is 11.3. The number of carbonyl (C=O) groups is 1. The molecule has 1 rings (SSSR count). The average molecular weight is 169 g/mol. The number of rotatable bonds is 2. The number of amides is 1. The van der Waals surface area contributed by atoms with Crippen molar-refractivity contribution in [2.45, 2.75) is 34.1 Å². The Morgan fingerprint density at radius 2 is 2.25 bits per heavy atom. The van der Waals surface area contributed by atoms with Crippen molar-refractivity contribution in [3.05, 3.63) is 0 Å². The van der Waals surface area contributed by atoms with Crippen LogP contribution in [0.25, 0.3) is 0 Å². The quantitative estimate of drug-likeness (QED) is 0.671. The molecule has 2 heteroatoms. The minimum absolute atomic E-state index is 0.180. The normalized spacial score (nSPS) is 35.8. The van der Waals surface area contributed by atoms with Gasteiger partial charge in [0.05, 0.1) is 0 Å². The highest BCUT2D eigenvalue weighted by Crippen LogP contribution is 2.37. The van der Waals surface area contributed by atoms with E-state index in [0.29, 0.717) is 5.92 Å². The van der Waals surface area contributed by atoms with Gasteiger partial charge in [0, 0.05) is 12.5 Å². The second kappa shape index (κ2) is 3.08. The van der Waals surface area contributed by atoms with E-state index in [4.69, 9.17) is 0 Å². The van der Waals surface area contributed by atoms with Crippen LogP contribution in [0.15, 0.2) is 0 Å². The molecule has 1 fully saturated rings. The van der Waals surface area contributed by atoms with Gasteiger partial charge in [0.15, 0.2) is 0 Å². The van der Waals surface area contributed by atoms with E-state index in [2.05, 4.69) is 26.1 Å². The smallest absolute Gasteiger partial charge is 0.223 e. The summed E-state index contributed by atoms with van der Waals surface area (Å²) in [5.41, 5.74) is 0.186. The van der Waals surface area contributed by atoms with E-state index in [1.807, 2.05) is 6.92 Å². The molecule has 1 aliphatic heterocycles. The van der Waals surface area contributed by atoms with Crippen molar-refractivity contribution in [3.8, 4) is 0 Å². The molecule has 0 aliphatic carbocycles. The molecule has 0 bridgehead atoms. The molecule has 0 aromatic carbocycles. The second-order valence-electron chi connectivity index (χ2n) is 4.69. The third-order valence-corrected chi connectivity index (χ3v) is 2.98. The zero-order chi connectivity index (χ0) is 9.35. The fraction of sp³-hybridized carbons (Fsp3) is 0.900. The molecular formula is C10H19NO. The van der Waals surface area contributed by atoms with Crippen LogP contribution in [0.5, 0.6) is 0 Å². The van der Waals surface area contributed by atoms with Crippen LogP contribution in [0.1, 0.15) is 34.1 Å². The molecule has 0 spiro atoms. The fourth-order valence-electron chi connectivity index (χ4n) is 2.09. The zero-order valence-electron chi connectivity index (χ0n) is 8.48. The molecule has 0 saturated carbocycles. The van der Waals surface area contributed by atoms with Crippen LogP contribution in [0.2, 0.25) is 0 Å². The third kappa shape index (κ3) is 1.62. The Hall–Kier alpha value is -0.530. The van der Waals surface area contributed by atoms with Gasteiger partial charge in [-0.05, 0) is 17.8 Å². The Bertz CT molecular complexity index is 188. The van der Waals surface area contributed by atoms with Crippen molar-refractivity contribution in [2.24, 2.45) is 17.3 Å². The van der Waals surface area contributed by atoms with Crippen molar-refractivity contribution in [3.63, 3.8) is 0 Å². The Morgan fingerprint density at radius 1 is 1.67 bits per heavy atom. The molecule has 70 valence electrons. The van der Waals surface area contributed by atoms with E-state index in [-0.39, 0.29) is 17.2 Å². The molecule has 1 saturated heterocycles. The summed E-state index contributed by atoms with van der Waals surface area (Å²) in [6.07, 6.45) is 1.13. The average Bonchev–Trinajstić information content (AvgIpc) is 2.16. The second-order valence-corrected chi connectivity index (χ2v) is 4.69. The van der Waals surface area contributed by atoms with E-state index >= 15 is 0 Å². The molecular weight excluding hydrogens is 150 g/mol. The molecule has 2 nitrogen and oxygen atoms in total. The Balaban J connectivity index is 2.65. The van der Waals surface area contributed by atoms with E-state index in [0.717, 1.165) is 13.0 Å². The van der Waals surface area contributed by atoms with Gasteiger partial charge >= 0.3 is 0 Å². The minimum Gasteiger partial charge on any atom is -0.355 e. The van der Waals surface area contributed by atoms with Gasteiger partial charge in [-0.1, -0.05) is 27.7 Å². The summed E-state index contributed by atoms with van der Waals surface area (Å²) in [5, 5.41) is 2.93. The fourth-order valence-corrected chi connectivity index (χ4v) is 2.09. The predicted molar refractivity (Wildman–Crippen MR) is 49.7 cm³/mol. The standard InChI is InChI=1S/C10H19NO/c1-7(2)5-10(4)6-11-9(12)8(10)3/h7-8H,5-6H2,1-4H3,(H,11,12). The molecule has 12 heavy (non-hydrogen) atoms. The van der Waals surface area contributed by atoms with Crippen molar-refractivity contribution in [1.82, 2.24) is 5.32 Å². The lowest BCUT2D eigenvalue weighted by atomic mass is 9.75.